The van der Waals surface area contributed by atoms with Crippen LogP contribution in [0.25, 0.3) is 0 Å². The lowest BCUT2D eigenvalue weighted by molar-refractivity contribution is -0.136. The SMILES string of the molecule is CC(CN(C)C(=O)[C@@H]1CC[C@@H](N2CCOCC2)C[C@H]1c1ccc(Br)cc1)c1ccccc1. The molecule has 1 aliphatic heterocycles. The van der Waals surface area contributed by atoms with Crippen molar-refractivity contribution in [2.45, 2.75) is 44.1 Å². The van der Waals surface area contributed by atoms with E-state index in [4.69, 9.17) is 4.74 Å². The summed E-state index contributed by atoms with van der Waals surface area (Å²) in [7, 11) is 1.98. The van der Waals surface area contributed by atoms with E-state index in [0.717, 1.165) is 56.6 Å². The summed E-state index contributed by atoms with van der Waals surface area (Å²) in [5.74, 6) is 0.912. The molecule has 1 heterocycles. The van der Waals surface area contributed by atoms with E-state index < -0.39 is 0 Å². The van der Waals surface area contributed by atoms with E-state index in [1.165, 1.54) is 11.1 Å². The minimum atomic E-state index is 0.0430. The summed E-state index contributed by atoms with van der Waals surface area (Å²) >= 11 is 3.56. The maximum Gasteiger partial charge on any atom is 0.226 e. The van der Waals surface area contributed by atoms with Gasteiger partial charge in [-0.05, 0) is 54.4 Å². The molecule has 0 bridgehead atoms. The van der Waals surface area contributed by atoms with Crippen molar-refractivity contribution in [2.75, 3.05) is 39.9 Å². The zero-order valence-corrected chi connectivity index (χ0v) is 20.8. The monoisotopic (exact) mass is 498 g/mol. The Hall–Kier alpha value is -1.69. The molecule has 1 saturated carbocycles. The van der Waals surface area contributed by atoms with Crippen LogP contribution in [0.2, 0.25) is 0 Å². The number of carbonyl (C=O) groups excluding carboxylic acids is 1. The Morgan fingerprint density at radius 2 is 1.78 bits per heavy atom. The van der Waals surface area contributed by atoms with Crippen molar-refractivity contribution < 1.29 is 9.53 Å². The minimum absolute atomic E-state index is 0.0430. The third-order valence-electron chi connectivity index (χ3n) is 7.29. The zero-order valence-electron chi connectivity index (χ0n) is 19.3. The van der Waals surface area contributed by atoms with Gasteiger partial charge in [-0.1, -0.05) is 65.3 Å². The van der Waals surface area contributed by atoms with Crippen LogP contribution in [0.4, 0.5) is 0 Å². The molecule has 1 saturated heterocycles. The molecule has 2 aliphatic rings. The van der Waals surface area contributed by atoms with E-state index in [0.29, 0.717) is 17.9 Å². The fourth-order valence-corrected chi connectivity index (χ4v) is 5.73. The second kappa shape index (κ2) is 11.0. The predicted octanol–water partition coefficient (Wildman–Crippen LogP) is 5.30. The first-order chi connectivity index (χ1) is 15.5. The first-order valence-corrected chi connectivity index (χ1v) is 12.7. The topological polar surface area (TPSA) is 32.8 Å². The summed E-state index contributed by atoms with van der Waals surface area (Å²) in [5, 5.41) is 0. The van der Waals surface area contributed by atoms with E-state index in [9.17, 15) is 4.79 Å². The summed E-state index contributed by atoms with van der Waals surface area (Å²) in [6, 6.07) is 19.6. The molecule has 1 aliphatic carbocycles. The number of amides is 1. The minimum Gasteiger partial charge on any atom is -0.379 e. The molecule has 4 atom stereocenters. The molecular weight excluding hydrogens is 464 g/mol. The molecule has 172 valence electrons. The first-order valence-electron chi connectivity index (χ1n) is 11.9. The lowest BCUT2D eigenvalue weighted by Crippen LogP contribution is -2.48. The number of likely N-dealkylation sites (N-methyl/N-ethyl adjacent to an activating group) is 1. The highest BCUT2D eigenvalue weighted by atomic mass is 79.9. The predicted molar refractivity (Wildman–Crippen MR) is 133 cm³/mol. The molecule has 2 fully saturated rings. The number of hydrogen-bond acceptors (Lipinski definition) is 3. The summed E-state index contributed by atoms with van der Waals surface area (Å²) < 4.78 is 6.65. The number of morpholine rings is 1. The lowest BCUT2D eigenvalue weighted by Gasteiger charge is -2.43. The smallest absolute Gasteiger partial charge is 0.226 e. The standard InChI is InChI=1S/C27H35BrN2O2/c1-20(21-6-4-3-5-7-21)19-29(2)27(31)25-13-12-24(30-14-16-32-17-15-30)18-26(25)22-8-10-23(28)11-9-22/h3-11,20,24-26H,12-19H2,1-2H3/t20?,24-,25-,26+/m1/s1. The highest BCUT2D eigenvalue weighted by Gasteiger charge is 2.39. The molecule has 4 rings (SSSR count). The Kier molecular flexibility index (Phi) is 8.03. The number of nitrogens with zero attached hydrogens (tertiary/aromatic N) is 2. The van der Waals surface area contributed by atoms with Gasteiger partial charge in [-0.3, -0.25) is 9.69 Å². The molecule has 2 aromatic rings. The van der Waals surface area contributed by atoms with Gasteiger partial charge in [-0.15, -0.1) is 0 Å². The van der Waals surface area contributed by atoms with Gasteiger partial charge in [-0.2, -0.15) is 0 Å². The summed E-state index contributed by atoms with van der Waals surface area (Å²) in [4.78, 5) is 18.2. The summed E-state index contributed by atoms with van der Waals surface area (Å²) in [6.45, 7) is 6.61. The van der Waals surface area contributed by atoms with E-state index in [1.54, 1.807) is 0 Å². The Bertz CT molecular complexity index is 867. The number of carbonyl (C=O) groups is 1. The molecule has 32 heavy (non-hydrogen) atoms. The van der Waals surface area contributed by atoms with Gasteiger partial charge < -0.3 is 9.64 Å². The second-order valence-electron chi connectivity index (χ2n) is 9.41. The van der Waals surface area contributed by atoms with Crippen molar-refractivity contribution in [3.63, 3.8) is 0 Å². The molecular formula is C27H35BrN2O2. The van der Waals surface area contributed by atoms with Gasteiger partial charge >= 0.3 is 0 Å². The maximum absolute atomic E-state index is 13.7. The number of benzene rings is 2. The highest BCUT2D eigenvalue weighted by Crippen LogP contribution is 2.41. The Morgan fingerprint density at radius 3 is 2.47 bits per heavy atom. The van der Waals surface area contributed by atoms with Crippen molar-refractivity contribution in [3.8, 4) is 0 Å². The zero-order chi connectivity index (χ0) is 22.5. The van der Waals surface area contributed by atoms with E-state index >= 15 is 0 Å². The van der Waals surface area contributed by atoms with E-state index in [2.05, 4.69) is 76.3 Å². The van der Waals surface area contributed by atoms with Crippen molar-refractivity contribution in [1.82, 2.24) is 9.80 Å². The highest BCUT2D eigenvalue weighted by molar-refractivity contribution is 9.10. The van der Waals surface area contributed by atoms with Crippen LogP contribution in [0, 0.1) is 5.92 Å². The van der Waals surface area contributed by atoms with Gasteiger partial charge in [0, 0.05) is 43.1 Å². The molecule has 1 amide bonds. The lowest BCUT2D eigenvalue weighted by atomic mass is 9.72. The quantitative estimate of drug-likeness (QED) is 0.541. The van der Waals surface area contributed by atoms with Gasteiger partial charge in [0.05, 0.1) is 13.2 Å². The third-order valence-corrected chi connectivity index (χ3v) is 7.82. The van der Waals surface area contributed by atoms with E-state index in [1.807, 2.05) is 18.0 Å². The van der Waals surface area contributed by atoms with Crippen LogP contribution in [-0.2, 0) is 9.53 Å². The Morgan fingerprint density at radius 1 is 1.09 bits per heavy atom. The average Bonchev–Trinajstić information content (AvgIpc) is 2.84. The molecule has 1 unspecified atom stereocenters. The largest absolute Gasteiger partial charge is 0.379 e. The molecule has 0 spiro atoms. The maximum atomic E-state index is 13.7. The van der Waals surface area contributed by atoms with Crippen LogP contribution >= 0.6 is 15.9 Å². The number of rotatable bonds is 6. The number of hydrogen-bond donors (Lipinski definition) is 0. The van der Waals surface area contributed by atoms with E-state index in [-0.39, 0.29) is 11.8 Å². The third kappa shape index (κ3) is 5.62. The number of halogens is 1. The second-order valence-corrected chi connectivity index (χ2v) is 10.3. The Labute approximate surface area is 201 Å². The van der Waals surface area contributed by atoms with Crippen LogP contribution in [0.1, 0.15) is 49.1 Å². The van der Waals surface area contributed by atoms with Gasteiger partial charge in [0.25, 0.3) is 0 Å². The van der Waals surface area contributed by atoms with Crippen molar-refractivity contribution in [3.05, 3.63) is 70.2 Å². The van der Waals surface area contributed by atoms with Crippen molar-refractivity contribution in [2.24, 2.45) is 5.92 Å². The number of ether oxygens (including phenoxy) is 1. The molecule has 2 aromatic carbocycles. The average molecular weight is 499 g/mol. The van der Waals surface area contributed by atoms with Crippen LogP contribution in [0.5, 0.6) is 0 Å². The van der Waals surface area contributed by atoms with Crippen LogP contribution in [0.3, 0.4) is 0 Å². The fraction of sp³-hybridized carbons (Fsp3) is 0.519. The first kappa shape index (κ1) is 23.5. The summed E-state index contributed by atoms with van der Waals surface area (Å²) in [5.41, 5.74) is 2.57. The van der Waals surface area contributed by atoms with Crippen molar-refractivity contribution >= 4 is 21.8 Å². The molecule has 0 radical (unpaired) electrons. The van der Waals surface area contributed by atoms with Crippen LogP contribution < -0.4 is 0 Å². The summed E-state index contributed by atoms with van der Waals surface area (Å²) in [6.07, 6.45) is 3.08. The Balaban J connectivity index is 1.49. The normalized spacial score (nSPS) is 25.3. The molecule has 0 N–H and O–H groups in total. The molecule has 5 heteroatoms. The van der Waals surface area contributed by atoms with Gasteiger partial charge in [0.2, 0.25) is 5.91 Å². The van der Waals surface area contributed by atoms with Gasteiger partial charge in [0.1, 0.15) is 0 Å². The van der Waals surface area contributed by atoms with Crippen molar-refractivity contribution in [1.29, 1.82) is 0 Å². The van der Waals surface area contributed by atoms with Crippen LogP contribution in [0.15, 0.2) is 59.1 Å². The van der Waals surface area contributed by atoms with Crippen LogP contribution in [-0.4, -0.2) is 61.6 Å². The fourth-order valence-electron chi connectivity index (χ4n) is 5.47. The molecule has 0 aromatic heterocycles. The van der Waals surface area contributed by atoms with Gasteiger partial charge in [-0.25, -0.2) is 0 Å². The molecule has 4 nitrogen and oxygen atoms in total. The van der Waals surface area contributed by atoms with Gasteiger partial charge in [0.15, 0.2) is 0 Å².